The molecule has 1 atom stereocenters. The Hall–Kier alpha value is -2.55. The van der Waals surface area contributed by atoms with Crippen LogP contribution in [0.5, 0.6) is 0 Å². The second kappa shape index (κ2) is 6.01. The Labute approximate surface area is 149 Å². The Balaban J connectivity index is 1.79. The summed E-state index contributed by atoms with van der Waals surface area (Å²) in [5.74, 6) is 0.813. The standard InChI is InChI=1S/C17H17FN4O3S/c1-17(7-9-26(23,24)11-17)22-15(10-14-6-8-25-21-14)19-16(20-22)12-2-4-13(18)5-3-12/h2-6,8H,7,9-11H2,1H3. The quantitative estimate of drug-likeness (QED) is 0.693. The molecule has 1 unspecified atom stereocenters. The average Bonchev–Trinajstić information content (AvgIpc) is 3.29. The van der Waals surface area contributed by atoms with E-state index < -0.39 is 15.4 Å². The lowest BCUT2D eigenvalue weighted by atomic mass is 10.0. The molecular weight excluding hydrogens is 359 g/mol. The van der Waals surface area contributed by atoms with Crippen LogP contribution in [0.15, 0.2) is 41.1 Å². The summed E-state index contributed by atoms with van der Waals surface area (Å²) >= 11 is 0. The number of halogens is 1. The van der Waals surface area contributed by atoms with Crippen molar-refractivity contribution in [3.05, 3.63) is 53.9 Å². The smallest absolute Gasteiger partial charge is 0.181 e. The van der Waals surface area contributed by atoms with E-state index in [0.29, 0.717) is 35.7 Å². The lowest BCUT2D eigenvalue weighted by Gasteiger charge is -2.24. The van der Waals surface area contributed by atoms with E-state index in [0.717, 1.165) is 0 Å². The summed E-state index contributed by atoms with van der Waals surface area (Å²) < 4.78 is 43.8. The van der Waals surface area contributed by atoms with Crippen molar-refractivity contribution in [3.63, 3.8) is 0 Å². The minimum atomic E-state index is -3.11. The number of sulfone groups is 1. The van der Waals surface area contributed by atoms with Crippen LogP contribution in [0.1, 0.15) is 24.9 Å². The molecule has 0 aliphatic carbocycles. The van der Waals surface area contributed by atoms with E-state index in [9.17, 15) is 12.8 Å². The van der Waals surface area contributed by atoms with Gasteiger partial charge >= 0.3 is 0 Å². The van der Waals surface area contributed by atoms with Gasteiger partial charge in [0.05, 0.1) is 29.2 Å². The number of rotatable bonds is 4. The van der Waals surface area contributed by atoms with Crippen LogP contribution in [-0.2, 0) is 21.8 Å². The van der Waals surface area contributed by atoms with Gasteiger partial charge in [-0.25, -0.2) is 22.5 Å². The number of benzene rings is 1. The third kappa shape index (κ3) is 3.14. The van der Waals surface area contributed by atoms with Crippen molar-refractivity contribution in [2.24, 2.45) is 0 Å². The molecule has 1 fully saturated rings. The minimum absolute atomic E-state index is 0.0119. The van der Waals surface area contributed by atoms with E-state index in [1.54, 1.807) is 22.9 Å². The SMILES string of the molecule is CC1(n2nc(-c3ccc(F)cc3)nc2Cc2ccon2)CCS(=O)(=O)C1. The van der Waals surface area contributed by atoms with E-state index in [-0.39, 0.29) is 17.3 Å². The fourth-order valence-corrected chi connectivity index (χ4v) is 5.37. The molecule has 136 valence electrons. The summed E-state index contributed by atoms with van der Waals surface area (Å²) in [4.78, 5) is 4.58. The van der Waals surface area contributed by atoms with Gasteiger partial charge in [0.15, 0.2) is 15.7 Å². The van der Waals surface area contributed by atoms with Gasteiger partial charge in [0.1, 0.15) is 17.9 Å². The van der Waals surface area contributed by atoms with Crippen LogP contribution in [0.25, 0.3) is 11.4 Å². The highest BCUT2D eigenvalue weighted by Crippen LogP contribution is 2.32. The van der Waals surface area contributed by atoms with E-state index >= 15 is 0 Å². The molecule has 1 aromatic carbocycles. The maximum absolute atomic E-state index is 13.2. The molecule has 1 saturated heterocycles. The van der Waals surface area contributed by atoms with Gasteiger partial charge in [0, 0.05) is 11.6 Å². The Morgan fingerprint density at radius 2 is 2.04 bits per heavy atom. The molecule has 0 bridgehead atoms. The third-order valence-electron chi connectivity index (χ3n) is 4.60. The summed E-state index contributed by atoms with van der Waals surface area (Å²) in [6, 6.07) is 7.61. The van der Waals surface area contributed by atoms with Gasteiger partial charge in [-0.05, 0) is 37.6 Å². The van der Waals surface area contributed by atoms with Gasteiger partial charge in [-0.15, -0.1) is 0 Å². The molecule has 0 spiro atoms. The number of aromatic nitrogens is 4. The van der Waals surface area contributed by atoms with Crippen molar-refractivity contribution in [1.29, 1.82) is 0 Å². The van der Waals surface area contributed by atoms with Crippen molar-refractivity contribution in [3.8, 4) is 11.4 Å². The van der Waals surface area contributed by atoms with Gasteiger partial charge in [0.25, 0.3) is 0 Å². The van der Waals surface area contributed by atoms with Crippen LogP contribution >= 0.6 is 0 Å². The molecule has 0 amide bonds. The van der Waals surface area contributed by atoms with Gasteiger partial charge < -0.3 is 4.52 Å². The minimum Gasteiger partial charge on any atom is -0.364 e. The van der Waals surface area contributed by atoms with Crippen molar-refractivity contribution < 1.29 is 17.3 Å². The van der Waals surface area contributed by atoms with Crippen molar-refractivity contribution in [2.45, 2.75) is 25.3 Å². The largest absolute Gasteiger partial charge is 0.364 e. The van der Waals surface area contributed by atoms with Gasteiger partial charge in [-0.2, -0.15) is 5.10 Å². The van der Waals surface area contributed by atoms with Crippen LogP contribution in [-0.4, -0.2) is 39.8 Å². The molecule has 1 aliphatic rings. The molecule has 0 saturated carbocycles. The Morgan fingerprint density at radius 1 is 1.27 bits per heavy atom. The second-order valence-corrected chi connectivity index (χ2v) is 8.96. The van der Waals surface area contributed by atoms with Crippen LogP contribution in [0, 0.1) is 5.82 Å². The highest BCUT2D eigenvalue weighted by atomic mass is 32.2. The number of hydrogen-bond donors (Lipinski definition) is 0. The first-order chi connectivity index (χ1) is 12.3. The summed E-state index contributed by atoms with van der Waals surface area (Å²) in [5, 5.41) is 8.47. The van der Waals surface area contributed by atoms with E-state index in [1.165, 1.54) is 18.4 Å². The monoisotopic (exact) mass is 376 g/mol. The highest BCUT2D eigenvalue weighted by Gasteiger charge is 2.42. The zero-order valence-corrected chi connectivity index (χ0v) is 14.9. The molecule has 26 heavy (non-hydrogen) atoms. The predicted octanol–water partition coefficient (Wildman–Crippen LogP) is 2.20. The maximum Gasteiger partial charge on any atom is 0.181 e. The Morgan fingerprint density at radius 3 is 2.65 bits per heavy atom. The fraction of sp³-hybridized carbons (Fsp3) is 0.353. The number of nitrogens with zero attached hydrogens (tertiary/aromatic N) is 4. The van der Waals surface area contributed by atoms with Crippen molar-refractivity contribution >= 4 is 9.84 Å². The zero-order valence-electron chi connectivity index (χ0n) is 14.1. The van der Waals surface area contributed by atoms with E-state index in [1.807, 2.05) is 6.92 Å². The summed E-state index contributed by atoms with van der Waals surface area (Å²) in [6.07, 6.45) is 2.30. The van der Waals surface area contributed by atoms with Gasteiger partial charge in [-0.3, -0.25) is 0 Å². The lowest BCUT2D eigenvalue weighted by molar-refractivity contribution is 0.317. The molecule has 1 aliphatic heterocycles. The van der Waals surface area contributed by atoms with Gasteiger partial charge in [-0.1, -0.05) is 5.16 Å². The molecule has 2 aromatic heterocycles. The maximum atomic E-state index is 13.2. The van der Waals surface area contributed by atoms with E-state index in [4.69, 9.17) is 4.52 Å². The van der Waals surface area contributed by atoms with Crippen molar-refractivity contribution in [1.82, 2.24) is 19.9 Å². The van der Waals surface area contributed by atoms with Crippen LogP contribution < -0.4 is 0 Å². The fourth-order valence-electron chi connectivity index (χ4n) is 3.26. The Kier molecular flexibility index (Phi) is 3.91. The molecular formula is C17H17FN4O3S. The molecule has 3 aromatic rings. The molecule has 7 nitrogen and oxygen atoms in total. The van der Waals surface area contributed by atoms with Crippen LogP contribution in [0.3, 0.4) is 0 Å². The predicted molar refractivity (Wildman–Crippen MR) is 91.6 cm³/mol. The second-order valence-electron chi connectivity index (χ2n) is 6.78. The number of hydrogen-bond acceptors (Lipinski definition) is 6. The first-order valence-electron chi connectivity index (χ1n) is 8.17. The summed E-state index contributed by atoms with van der Waals surface area (Å²) in [6.45, 7) is 1.87. The topological polar surface area (TPSA) is 90.9 Å². The van der Waals surface area contributed by atoms with Crippen LogP contribution in [0.4, 0.5) is 4.39 Å². The first kappa shape index (κ1) is 16.9. The first-order valence-corrected chi connectivity index (χ1v) is 9.99. The van der Waals surface area contributed by atoms with E-state index in [2.05, 4.69) is 15.2 Å². The highest BCUT2D eigenvalue weighted by molar-refractivity contribution is 7.91. The molecule has 0 N–H and O–H groups in total. The van der Waals surface area contributed by atoms with Crippen molar-refractivity contribution in [2.75, 3.05) is 11.5 Å². The molecule has 3 heterocycles. The third-order valence-corrected chi connectivity index (χ3v) is 6.49. The lowest BCUT2D eigenvalue weighted by Crippen LogP contribution is -2.34. The summed E-state index contributed by atoms with van der Waals surface area (Å²) in [7, 11) is -3.11. The molecule has 4 rings (SSSR count). The molecule has 0 radical (unpaired) electrons. The zero-order chi connectivity index (χ0) is 18.4. The van der Waals surface area contributed by atoms with Gasteiger partial charge in [0.2, 0.25) is 0 Å². The molecule has 9 heteroatoms. The Bertz CT molecular complexity index is 1030. The average molecular weight is 376 g/mol. The normalized spacial score (nSPS) is 21.9. The summed E-state index contributed by atoms with van der Waals surface area (Å²) in [5.41, 5.74) is 0.660. The van der Waals surface area contributed by atoms with Crippen LogP contribution in [0.2, 0.25) is 0 Å².